The van der Waals surface area contributed by atoms with Crippen molar-refractivity contribution in [3.63, 3.8) is 0 Å². The number of anilines is 1. The molecule has 0 N–H and O–H groups in total. The van der Waals surface area contributed by atoms with Gasteiger partial charge in [-0.05, 0) is 51.0 Å². The smallest absolute Gasteiger partial charge is 0.417 e. The number of carbonyl (C=O) groups is 2. The minimum Gasteiger partial charge on any atom is -0.444 e. The van der Waals surface area contributed by atoms with Gasteiger partial charge in [-0.1, -0.05) is 30.3 Å². The van der Waals surface area contributed by atoms with Crippen LogP contribution in [0, 0.1) is 6.07 Å². The van der Waals surface area contributed by atoms with Crippen LogP contribution in [-0.4, -0.2) is 66.7 Å². The highest BCUT2D eigenvalue weighted by molar-refractivity contribution is 5.95. The zero-order valence-electron chi connectivity index (χ0n) is 21.3. The van der Waals surface area contributed by atoms with Crippen molar-refractivity contribution >= 4 is 23.8 Å². The van der Waals surface area contributed by atoms with E-state index in [0.29, 0.717) is 37.3 Å². The number of amides is 2. The van der Waals surface area contributed by atoms with Gasteiger partial charge in [0.15, 0.2) is 0 Å². The van der Waals surface area contributed by atoms with Crippen molar-refractivity contribution in [3.05, 3.63) is 59.7 Å². The summed E-state index contributed by atoms with van der Waals surface area (Å²) in [5.41, 5.74) is 0.0286. The van der Waals surface area contributed by atoms with E-state index in [9.17, 15) is 22.8 Å². The molecule has 2 saturated heterocycles. The van der Waals surface area contributed by atoms with Crippen LogP contribution >= 0.6 is 0 Å². The van der Waals surface area contributed by atoms with Crippen molar-refractivity contribution in [2.24, 2.45) is 0 Å². The third kappa shape index (κ3) is 6.26. The number of hydrogen-bond donors (Lipinski definition) is 0. The number of rotatable bonds is 4. The van der Waals surface area contributed by atoms with Crippen molar-refractivity contribution in [1.82, 2.24) is 9.80 Å². The molecular weight excluding hydrogens is 483 g/mol. The average molecular weight is 515 g/mol. The van der Waals surface area contributed by atoms with Crippen molar-refractivity contribution in [2.75, 3.05) is 44.2 Å². The van der Waals surface area contributed by atoms with Crippen LogP contribution in [0.5, 0.6) is 0 Å². The van der Waals surface area contributed by atoms with E-state index >= 15 is 0 Å². The fraction of sp³-hybridized carbons (Fsp3) is 0.429. The van der Waals surface area contributed by atoms with E-state index in [2.05, 4.69) is 6.07 Å². The van der Waals surface area contributed by atoms with Crippen molar-refractivity contribution < 1.29 is 27.5 Å². The molecule has 0 aromatic heterocycles. The summed E-state index contributed by atoms with van der Waals surface area (Å²) >= 11 is 0. The molecule has 0 saturated carbocycles. The molecule has 9 heteroatoms. The van der Waals surface area contributed by atoms with Crippen molar-refractivity contribution in [2.45, 2.75) is 39.0 Å². The van der Waals surface area contributed by atoms with Gasteiger partial charge < -0.3 is 19.4 Å². The predicted molar refractivity (Wildman–Crippen MR) is 136 cm³/mol. The summed E-state index contributed by atoms with van der Waals surface area (Å²) in [4.78, 5) is 30.3. The molecule has 0 spiro atoms. The topological polar surface area (TPSA) is 53.1 Å². The first kappa shape index (κ1) is 26.6. The first-order chi connectivity index (χ1) is 17.4. The van der Waals surface area contributed by atoms with E-state index < -0.39 is 23.4 Å². The summed E-state index contributed by atoms with van der Waals surface area (Å²) in [6.45, 7) is 8.20. The Morgan fingerprint density at radius 3 is 2.19 bits per heavy atom. The predicted octanol–water partition coefficient (Wildman–Crippen LogP) is 5.48. The Balaban J connectivity index is 1.56. The summed E-state index contributed by atoms with van der Waals surface area (Å²) in [6.07, 6.45) is -1.31. The van der Waals surface area contributed by atoms with Crippen LogP contribution in [0.3, 0.4) is 0 Å². The standard InChI is InChI=1S/C28H31F3N3O3/c1-27(2,3)37-26(36)34-18-16-33(17-19-34)24(35)13-12-20-8-6-10-22(28(29,30)31)25(20)21-9-4-5-11-23(21)32-14-7-15-32/h4-6,8-9,11-13H,7,14-19H2,1-3H3/b13-12+. The highest BCUT2D eigenvalue weighted by Gasteiger charge is 2.36. The van der Waals surface area contributed by atoms with Crippen molar-refractivity contribution in [1.29, 1.82) is 0 Å². The third-order valence-electron chi connectivity index (χ3n) is 6.33. The Morgan fingerprint density at radius 1 is 0.946 bits per heavy atom. The Kier molecular flexibility index (Phi) is 7.52. The second-order valence-electron chi connectivity index (χ2n) is 10.2. The highest BCUT2D eigenvalue weighted by Crippen LogP contribution is 2.43. The van der Waals surface area contributed by atoms with Crippen LogP contribution in [0.4, 0.5) is 23.7 Å². The van der Waals surface area contributed by atoms with E-state index in [4.69, 9.17) is 4.74 Å². The van der Waals surface area contributed by atoms with E-state index in [1.54, 1.807) is 48.8 Å². The van der Waals surface area contributed by atoms with Crippen LogP contribution in [-0.2, 0) is 15.7 Å². The number of ether oxygens (including phenoxy) is 1. The zero-order valence-corrected chi connectivity index (χ0v) is 21.3. The Labute approximate surface area is 215 Å². The second-order valence-corrected chi connectivity index (χ2v) is 10.2. The van der Waals surface area contributed by atoms with Crippen LogP contribution in [0.25, 0.3) is 17.2 Å². The van der Waals surface area contributed by atoms with Gasteiger partial charge in [0.1, 0.15) is 5.60 Å². The number of halogens is 3. The molecule has 2 aromatic rings. The number of alkyl halides is 3. The van der Waals surface area contributed by atoms with E-state index in [1.165, 1.54) is 18.2 Å². The lowest BCUT2D eigenvalue weighted by Crippen LogP contribution is -2.51. The fourth-order valence-corrected chi connectivity index (χ4v) is 4.39. The van der Waals surface area contributed by atoms with E-state index in [1.807, 2.05) is 17.0 Å². The highest BCUT2D eigenvalue weighted by atomic mass is 19.4. The maximum atomic E-state index is 14.1. The molecule has 2 heterocycles. The van der Waals surface area contributed by atoms with Gasteiger partial charge >= 0.3 is 12.3 Å². The lowest BCUT2D eigenvalue weighted by atomic mass is 9.91. The quantitative estimate of drug-likeness (QED) is 0.508. The fourth-order valence-electron chi connectivity index (χ4n) is 4.39. The summed E-state index contributed by atoms with van der Waals surface area (Å²) < 4.78 is 47.5. The molecule has 4 rings (SSSR count). The summed E-state index contributed by atoms with van der Waals surface area (Å²) in [7, 11) is 0. The van der Waals surface area contributed by atoms with E-state index in [-0.39, 0.29) is 11.5 Å². The van der Waals surface area contributed by atoms with Crippen LogP contribution < -0.4 is 4.90 Å². The van der Waals surface area contributed by atoms with Crippen LogP contribution in [0.2, 0.25) is 0 Å². The summed E-state index contributed by atoms with van der Waals surface area (Å²) in [6, 6.07) is 12.2. The number of nitrogens with zero attached hydrogens (tertiary/aromatic N) is 3. The Morgan fingerprint density at radius 2 is 1.59 bits per heavy atom. The molecule has 37 heavy (non-hydrogen) atoms. The first-order valence-electron chi connectivity index (χ1n) is 12.4. The molecule has 0 bridgehead atoms. The minimum absolute atomic E-state index is 0.0105. The molecule has 6 nitrogen and oxygen atoms in total. The minimum atomic E-state index is -4.61. The second kappa shape index (κ2) is 10.5. The molecule has 2 amide bonds. The van der Waals surface area contributed by atoms with Gasteiger partial charge in [-0.3, -0.25) is 4.79 Å². The van der Waals surface area contributed by atoms with Gasteiger partial charge in [0, 0.05) is 62.2 Å². The third-order valence-corrected chi connectivity index (χ3v) is 6.33. The van der Waals surface area contributed by atoms with Crippen LogP contribution in [0.1, 0.15) is 38.3 Å². The SMILES string of the molecule is CC(C)(C)OC(=O)N1CCN(C(=O)/C=C/c2cc[c]c(C(F)(F)F)c2-c2ccccc2N2CCC2)CC1. The number of hydrogen-bond acceptors (Lipinski definition) is 4. The average Bonchev–Trinajstić information content (AvgIpc) is 2.80. The summed E-state index contributed by atoms with van der Waals surface area (Å²) in [5.74, 6) is -0.327. The molecule has 2 aliphatic heterocycles. The first-order valence-corrected chi connectivity index (χ1v) is 12.4. The van der Waals surface area contributed by atoms with Crippen molar-refractivity contribution in [3.8, 4) is 11.1 Å². The van der Waals surface area contributed by atoms with Gasteiger partial charge in [0.05, 0.1) is 5.56 Å². The number of benzene rings is 2. The number of para-hydroxylation sites is 1. The lowest BCUT2D eigenvalue weighted by molar-refractivity contribution is -0.137. The molecule has 2 aliphatic rings. The Bertz CT molecular complexity index is 1180. The number of carbonyl (C=O) groups excluding carboxylic acids is 2. The van der Waals surface area contributed by atoms with Crippen LogP contribution in [0.15, 0.2) is 42.5 Å². The zero-order chi connectivity index (χ0) is 26.8. The largest absolute Gasteiger partial charge is 0.444 e. The maximum absolute atomic E-state index is 14.1. The molecule has 0 aliphatic carbocycles. The Hall–Kier alpha value is -3.49. The van der Waals surface area contributed by atoms with Gasteiger partial charge in [-0.15, -0.1) is 0 Å². The summed E-state index contributed by atoms with van der Waals surface area (Å²) in [5, 5.41) is 0. The van der Waals surface area contributed by atoms with Gasteiger partial charge in [0.2, 0.25) is 5.91 Å². The molecule has 197 valence electrons. The lowest BCUT2D eigenvalue weighted by Gasteiger charge is -2.35. The monoisotopic (exact) mass is 514 g/mol. The molecule has 1 radical (unpaired) electrons. The van der Waals surface area contributed by atoms with Gasteiger partial charge in [-0.25, -0.2) is 4.79 Å². The molecule has 2 fully saturated rings. The molecular formula is C28H31F3N3O3. The van der Waals surface area contributed by atoms with Gasteiger partial charge in [-0.2, -0.15) is 13.2 Å². The number of piperazine rings is 1. The molecule has 0 atom stereocenters. The van der Waals surface area contributed by atoms with Gasteiger partial charge in [0.25, 0.3) is 0 Å². The molecule has 2 aromatic carbocycles. The maximum Gasteiger partial charge on any atom is 0.417 e. The molecule has 0 unspecified atom stereocenters. The van der Waals surface area contributed by atoms with E-state index in [0.717, 1.165) is 25.2 Å². The normalized spacial score (nSPS) is 16.6.